The highest BCUT2D eigenvalue weighted by molar-refractivity contribution is 5.80. The van der Waals surface area contributed by atoms with Crippen molar-refractivity contribution in [2.24, 2.45) is 4.99 Å². The number of nitrogens with one attached hydrogen (secondary N) is 2. The number of carbonyl (C=O) groups excluding carboxylic acids is 1. The minimum absolute atomic E-state index is 0.221. The normalized spacial score (nSPS) is 17.3. The number of nitrogens with zero attached hydrogens (tertiary/aromatic N) is 2. The number of likely N-dealkylation sites (tertiary alicyclic amines) is 1. The van der Waals surface area contributed by atoms with E-state index in [9.17, 15) is 4.79 Å². The van der Waals surface area contributed by atoms with Gasteiger partial charge in [-0.15, -0.1) is 0 Å². The second-order valence-corrected chi connectivity index (χ2v) is 6.65. The van der Waals surface area contributed by atoms with Gasteiger partial charge in [0.05, 0.1) is 6.54 Å². The van der Waals surface area contributed by atoms with Gasteiger partial charge in [0.1, 0.15) is 12.4 Å². The molecular weight excluding hydrogens is 328 g/mol. The van der Waals surface area contributed by atoms with E-state index in [0.717, 1.165) is 48.9 Å². The molecule has 6 nitrogen and oxygen atoms in total. The first-order valence-corrected chi connectivity index (χ1v) is 9.56. The molecule has 0 aliphatic carbocycles. The van der Waals surface area contributed by atoms with Crippen LogP contribution in [0.5, 0.6) is 5.75 Å². The number of para-hydroxylation sites is 1. The number of aliphatic imine (C=N–C) groups is 1. The predicted molar refractivity (Wildman–Crippen MR) is 106 cm³/mol. The van der Waals surface area contributed by atoms with E-state index in [1.165, 1.54) is 0 Å². The molecule has 0 bridgehead atoms. The molecule has 1 unspecified atom stereocenters. The van der Waals surface area contributed by atoms with Gasteiger partial charge in [-0.1, -0.05) is 25.1 Å². The Balaban J connectivity index is 1.84. The molecule has 1 atom stereocenters. The maximum absolute atomic E-state index is 11.8. The Morgan fingerprint density at radius 3 is 2.69 bits per heavy atom. The molecule has 26 heavy (non-hydrogen) atoms. The molecule has 0 saturated carbocycles. The number of carbonyl (C=O) groups is 1. The number of amides is 1. The Kier molecular flexibility index (Phi) is 7.75. The van der Waals surface area contributed by atoms with Gasteiger partial charge in [0.15, 0.2) is 5.96 Å². The van der Waals surface area contributed by atoms with Crippen LogP contribution in [-0.2, 0) is 4.79 Å². The van der Waals surface area contributed by atoms with Crippen molar-refractivity contribution in [3.8, 4) is 5.75 Å². The molecule has 144 valence electrons. The Morgan fingerprint density at radius 1 is 1.31 bits per heavy atom. The van der Waals surface area contributed by atoms with Crippen molar-refractivity contribution >= 4 is 11.9 Å². The Bertz CT molecular complexity index is 610. The smallest absolute Gasteiger partial charge is 0.222 e. The standard InChI is InChI=1S/C20H32N4O2/c1-5-18(25)24-12-10-17(14-24)23-20(21-6-2)22-11-13-26-19-15(3)8-7-9-16(19)4/h7-9,17H,5-6,10-14H2,1-4H3,(H2,21,22,23). The zero-order valence-electron chi connectivity index (χ0n) is 16.5. The van der Waals surface area contributed by atoms with Crippen LogP contribution in [-0.4, -0.2) is 55.6 Å². The minimum atomic E-state index is 0.221. The van der Waals surface area contributed by atoms with Crippen LogP contribution in [0.2, 0.25) is 0 Å². The predicted octanol–water partition coefficient (Wildman–Crippen LogP) is 2.25. The average Bonchev–Trinajstić information content (AvgIpc) is 3.08. The van der Waals surface area contributed by atoms with Gasteiger partial charge >= 0.3 is 0 Å². The van der Waals surface area contributed by atoms with E-state index in [0.29, 0.717) is 19.6 Å². The van der Waals surface area contributed by atoms with E-state index in [1.807, 2.05) is 24.8 Å². The van der Waals surface area contributed by atoms with Crippen LogP contribution in [0.4, 0.5) is 0 Å². The lowest BCUT2D eigenvalue weighted by molar-refractivity contribution is -0.129. The fourth-order valence-electron chi connectivity index (χ4n) is 3.17. The number of aryl methyl sites for hydroxylation is 2. The van der Waals surface area contributed by atoms with Crippen LogP contribution in [0, 0.1) is 13.8 Å². The summed E-state index contributed by atoms with van der Waals surface area (Å²) in [6, 6.07) is 6.40. The summed E-state index contributed by atoms with van der Waals surface area (Å²) in [7, 11) is 0. The van der Waals surface area contributed by atoms with E-state index >= 15 is 0 Å². The molecule has 0 radical (unpaired) electrons. The van der Waals surface area contributed by atoms with Gasteiger partial charge in [0, 0.05) is 32.1 Å². The lowest BCUT2D eigenvalue weighted by Crippen LogP contribution is -2.45. The first-order valence-electron chi connectivity index (χ1n) is 9.56. The summed E-state index contributed by atoms with van der Waals surface area (Å²) >= 11 is 0. The van der Waals surface area contributed by atoms with E-state index in [2.05, 4.69) is 41.6 Å². The van der Waals surface area contributed by atoms with Crippen molar-refractivity contribution in [2.45, 2.75) is 46.6 Å². The van der Waals surface area contributed by atoms with E-state index < -0.39 is 0 Å². The monoisotopic (exact) mass is 360 g/mol. The zero-order chi connectivity index (χ0) is 18.9. The average molecular weight is 361 g/mol. The highest BCUT2D eigenvalue weighted by atomic mass is 16.5. The van der Waals surface area contributed by atoms with Crippen molar-refractivity contribution in [3.63, 3.8) is 0 Å². The fourth-order valence-corrected chi connectivity index (χ4v) is 3.17. The molecule has 1 aliphatic rings. The number of ether oxygens (including phenoxy) is 1. The van der Waals surface area contributed by atoms with Crippen LogP contribution in [0.3, 0.4) is 0 Å². The fraction of sp³-hybridized carbons (Fsp3) is 0.600. The van der Waals surface area contributed by atoms with Crippen LogP contribution in [0.1, 0.15) is 37.8 Å². The molecule has 2 N–H and O–H groups in total. The van der Waals surface area contributed by atoms with Crippen LogP contribution >= 0.6 is 0 Å². The van der Waals surface area contributed by atoms with Crippen molar-refractivity contribution in [1.29, 1.82) is 0 Å². The second kappa shape index (κ2) is 10.0. The number of hydrogen-bond acceptors (Lipinski definition) is 3. The molecule has 0 aromatic heterocycles. The quantitative estimate of drug-likeness (QED) is 0.445. The Labute approximate surface area is 157 Å². The summed E-state index contributed by atoms with van der Waals surface area (Å²) in [5, 5.41) is 6.71. The highest BCUT2D eigenvalue weighted by Crippen LogP contribution is 2.22. The summed E-state index contributed by atoms with van der Waals surface area (Å²) < 4.78 is 5.91. The number of hydrogen-bond donors (Lipinski definition) is 2. The van der Waals surface area contributed by atoms with Gasteiger partial charge in [0.25, 0.3) is 0 Å². The third-order valence-electron chi connectivity index (χ3n) is 4.54. The largest absolute Gasteiger partial charge is 0.491 e. The summed E-state index contributed by atoms with van der Waals surface area (Å²) in [6.45, 7) is 11.5. The molecule has 2 rings (SSSR count). The lowest BCUT2D eigenvalue weighted by Gasteiger charge is -2.18. The van der Waals surface area contributed by atoms with Crippen molar-refractivity contribution < 1.29 is 9.53 Å². The molecule has 1 aromatic carbocycles. The zero-order valence-corrected chi connectivity index (χ0v) is 16.5. The third kappa shape index (κ3) is 5.64. The maximum Gasteiger partial charge on any atom is 0.222 e. The number of guanidine groups is 1. The van der Waals surface area contributed by atoms with Gasteiger partial charge in [0.2, 0.25) is 5.91 Å². The SMILES string of the molecule is CCNC(=NCCOc1c(C)cccc1C)NC1CCN(C(=O)CC)C1. The molecule has 0 spiro atoms. The van der Waals surface area contributed by atoms with Gasteiger partial charge in [-0.05, 0) is 38.3 Å². The van der Waals surface area contributed by atoms with E-state index in [4.69, 9.17) is 4.74 Å². The Hall–Kier alpha value is -2.24. The van der Waals surface area contributed by atoms with Gasteiger partial charge in [-0.25, -0.2) is 4.99 Å². The molecule has 1 aromatic rings. The summed E-state index contributed by atoms with van der Waals surface area (Å²) in [6.07, 6.45) is 1.52. The molecule has 1 fully saturated rings. The first-order chi connectivity index (χ1) is 12.5. The van der Waals surface area contributed by atoms with Gasteiger partial charge in [-0.2, -0.15) is 0 Å². The summed E-state index contributed by atoms with van der Waals surface area (Å²) in [4.78, 5) is 18.3. The topological polar surface area (TPSA) is 66.0 Å². The molecule has 6 heteroatoms. The second-order valence-electron chi connectivity index (χ2n) is 6.65. The molecule has 1 amide bonds. The molecule has 1 heterocycles. The van der Waals surface area contributed by atoms with Crippen molar-refractivity contribution in [1.82, 2.24) is 15.5 Å². The van der Waals surface area contributed by atoms with Crippen LogP contribution < -0.4 is 15.4 Å². The van der Waals surface area contributed by atoms with Crippen LogP contribution in [0.25, 0.3) is 0 Å². The number of benzene rings is 1. The van der Waals surface area contributed by atoms with Crippen molar-refractivity contribution in [3.05, 3.63) is 29.3 Å². The summed E-state index contributed by atoms with van der Waals surface area (Å²) in [5.41, 5.74) is 2.29. The van der Waals surface area contributed by atoms with Gasteiger partial charge < -0.3 is 20.3 Å². The van der Waals surface area contributed by atoms with Gasteiger partial charge in [-0.3, -0.25) is 4.79 Å². The number of rotatable bonds is 7. The van der Waals surface area contributed by atoms with Crippen molar-refractivity contribution in [2.75, 3.05) is 32.8 Å². The molecule has 1 aliphatic heterocycles. The highest BCUT2D eigenvalue weighted by Gasteiger charge is 2.25. The maximum atomic E-state index is 11.8. The lowest BCUT2D eigenvalue weighted by atomic mass is 10.1. The third-order valence-corrected chi connectivity index (χ3v) is 4.54. The minimum Gasteiger partial charge on any atom is -0.491 e. The summed E-state index contributed by atoms with van der Waals surface area (Å²) in [5.74, 6) is 1.96. The van der Waals surface area contributed by atoms with E-state index in [1.54, 1.807) is 0 Å². The van der Waals surface area contributed by atoms with E-state index in [-0.39, 0.29) is 11.9 Å². The molecular formula is C20H32N4O2. The first kappa shape index (κ1) is 20.1. The Morgan fingerprint density at radius 2 is 2.04 bits per heavy atom. The molecule has 1 saturated heterocycles. The van der Waals surface area contributed by atoms with Crippen LogP contribution in [0.15, 0.2) is 23.2 Å².